The van der Waals surface area contributed by atoms with Gasteiger partial charge < -0.3 is 9.47 Å². The number of hydrogen-bond donors (Lipinski definition) is 0. The minimum atomic E-state index is -0.507. The lowest BCUT2D eigenvalue weighted by molar-refractivity contribution is -0.136. The Hall–Kier alpha value is -3.55. The van der Waals surface area contributed by atoms with E-state index >= 15 is 0 Å². The van der Waals surface area contributed by atoms with E-state index in [2.05, 4.69) is 6.07 Å². The highest BCUT2D eigenvalue weighted by Gasteiger charge is 2.09. The number of carbonyl (C=O) groups excluding carboxylic acids is 1. The molecule has 150 valence electrons. The summed E-state index contributed by atoms with van der Waals surface area (Å²) in [5.41, 5.74) is 3.98. The van der Waals surface area contributed by atoms with Gasteiger partial charge in [0.05, 0.1) is 11.6 Å². The Kier molecular flexibility index (Phi) is 6.90. The van der Waals surface area contributed by atoms with Gasteiger partial charge in [0.25, 0.3) is 0 Å². The normalized spacial score (nSPS) is 10.9. The van der Waals surface area contributed by atoms with Crippen molar-refractivity contribution in [3.8, 4) is 17.6 Å². The van der Waals surface area contributed by atoms with Gasteiger partial charge in [-0.2, -0.15) is 5.26 Å². The SMILES string of the molecule is Cc1cccc(OCC(=O)Oc2cccc(/C=C(/C#N)c3cccc(Cl)c3)c2)c1C. The first-order chi connectivity index (χ1) is 14.5. The number of aryl methyl sites for hydroxylation is 1. The van der Waals surface area contributed by atoms with Crippen LogP contribution in [0.25, 0.3) is 11.6 Å². The van der Waals surface area contributed by atoms with Crippen molar-refractivity contribution in [1.29, 1.82) is 5.26 Å². The molecule has 0 saturated heterocycles. The molecule has 0 aliphatic carbocycles. The van der Waals surface area contributed by atoms with Crippen LogP contribution in [-0.2, 0) is 4.79 Å². The summed E-state index contributed by atoms with van der Waals surface area (Å²) in [4.78, 5) is 12.2. The molecule has 0 N–H and O–H groups in total. The quantitative estimate of drug-likeness (QED) is 0.213. The van der Waals surface area contributed by atoms with Crippen LogP contribution < -0.4 is 9.47 Å². The number of hydrogen-bond acceptors (Lipinski definition) is 4. The number of carbonyl (C=O) groups is 1. The predicted octanol–water partition coefficient (Wildman–Crippen LogP) is 6.01. The molecule has 0 aromatic heterocycles. The third-order valence-electron chi connectivity index (χ3n) is 4.56. The molecule has 0 spiro atoms. The molecule has 4 nitrogen and oxygen atoms in total. The zero-order valence-corrected chi connectivity index (χ0v) is 17.4. The third kappa shape index (κ3) is 5.50. The highest BCUT2D eigenvalue weighted by molar-refractivity contribution is 6.30. The summed E-state index contributed by atoms with van der Waals surface area (Å²) in [7, 11) is 0. The molecule has 3 aromatic carbocycles. The molecule has 0 saturated carbocycles. The number of esters is 1. The second kappa shape index (κ2) is 9.78. The molecule has 30 heavy (non-hydrogen) atoms. The van der Waals surface area contributed by atoms with Crippen LogP contribution in [0.1, 0.15) is 22.3 Å². The van der Waals surface area contributed by atoms with E-state index in [4.69, 9.17) is 21.1 Å². The van der Waals surface area contributed by atoms with Crippen molar-refractivity contribution in [3.63, 3.8) is 0 Å². The Morgan fingerprint density at radius 3 is 2.60 bits per heavy atom. The molecule has 0 bridgehead atoms. The predicted molar refractivity (Wildman–Crippen MR) is 118 cm³/mol. The number of ether oxygens (including phenoxy) is 2. The maximum absolute atomic E-state index is 12.2. The Balaban J connectivity index is 1.70. The second-order valence-electron chi connectivity index (χ2n) is 6.71. The summed E-state index contributed by atoms with van der Waals surface area (Å²) in [5.74, 6) is 0.526. The number of nitrogens with zero attached hydrogens (tertiary/aromatic N) is 1. The van der Waals surface area contributed by atoms with Gasteiger partial charge in [-0.05, 0) is 72.5 Å². The number of rotatable bonds is 6. The van der Waals surface area contributed by atoms with Crippen LogP contribution in [0.3, 0.4) is 0 Å². The van der Waals surface area contributed by atoms with Crippen LogP contribution in [0.15, 0.2) is 66.7 Å². The smallest absolute Gasteiger partial charge is 0.349 e. The van der Waals surface area contributed by atoms with Gasteiger partial charge in [-0.15, -0.1) is 0 Å². The minimum absolute atomic E-state index is 0.198. The lowest BCUT2D eigenvalue weighted by Crippen LogP contribution is -2.18. The Morgan fingerprint density at radius 1 is 1.07 bits per heavy atom. The highest BCUT2D eigenvalue weighted by Crippen LogP contribution is 2.23. The molecule has 3 aromatic rings. The Morgan fingerprint density at radius 2 is 1.83 bits per heavy atom. The molecule has 0 unspecified atom stereocenters. The molecule has 0 aliphatic heterocycles. The number of allylic oxidation sites excluding steroid dienone is 1. The van der Waals surface area contributed by atoms with Crippen LogP contribution in [-0.4, -0.2) is 12.6 Å². The van der Waals surface area contributed by atoms with E-state index in [1.165, 1.54) is 0 Å². The average molecular weight is 418 g/mol. The fourth-order valence-electron chi connectivity index (χ4n) is 2.85. The largest absolute Gasteiger partial charge is 0.482 e. The zero-order valence-electron chi connectivity index (χ0n) is 16.7. The Labute approximate surface area is 180 Å². The van der Waals surface area contributed by atoms with Crippen molar-refractivity contribution in [3.05, 3.63) is 94.0 Å². The van der Waals surface area contributed by atoms with E-state index in [1.54, 1.807) is 42.5 Å². The summed E-state index contributed by atoms with van der Waals surface area (Å²) in [5, 5.41) is 10.1. The lowest BCUT2D eigenvalue weighted by Gasteiger charge is -2.10. The molecule has 0 aliphatic rings. The van der Waals surface area contributed by atoms with E-state index in [-0.39, 0.29) is 6.61 Å². The van der Waals surface area contributed by atoms with Crippen molar-refractivity contribution in [2.45, 2.75) is 13.8 Å². The van der Waals surface area contributed by atoms with Gasteiger partial charge >= 0.3 is 5.97 Å². The molecule has 0 amide bonds. The summed E-state index contributed by atoms with van der Waals surface area (Å²) in [6.07, 6.45) is 1.72. The van der Waals surface area contributed by atoms with Crippen LogP contribution >= 0.6 is 11.6 Å². The van der Waals surface area contributed by atoms with Crippen molar-refractivity contribution in [2.24, 2.45) is 0 Å². The van der Waals surface area contributed by atoms with Crippen LogP contribution in [0.5, 0.6) is 11.5 Å². The van der Waals surface area contributed by atoms with Crippen molar-refractivity contribution in [1.82, 2.24) is 0 Å². The molecule has 0 fully saturated rings. The van der Waals surface area contributed by atoms with E-state index < -0.39 is 5.97 Å². The van der Waals surface area contributed by atoms with E-state index in [1.807, 2.05) is 44.2 Å². The zero-order chi connectivity index (χ0) is 21.5. The highest BCUT2D eigenvalue weighted by atomic mass is 35.5. The Bertz CT molecular complexity index is 1150. The van der Waals surface area contributed by atoms with Crippen molar-refractivity contribution in [2.75, 3.05) is 6.61 Å². The van der Waals surface area contributed by atoms with Crippen LogP contribution in [0.4, 0.5) is 0 Å². The van der Waals surface area contributed by atoms with Crippen LogP contribution in [0.2, 0.25) is 5.02 Å². The molecule has 5 heteroatoms. The molecule has 0 radical (unpaired) electrons. The molecule has 0 heterocycles. The van der Waals surface area contributed by atoms with Gasteiger partial charge in [0.2, 0.25) is 0 Å². The average Bonchev–Trinajstić information content (AvgIpc) is 2.73. The molecular weight excluding hydrogens is 398 g/mol. The topological polar surface area (TPSA) is 59.3 Å². The van der Waals surface area contributed by atoms with E-state index in [9.17, 15) is 10.1 Å². The first kappa shape index (κ1) is 21.2. The fraction of sp³-hybridized carbons (Fsp3) is 0.120. The first-order valence-corrected chi connectivity index (χ1v) is 9.71. The molecule has 3 rings (SSSR count). The summed E-state index contributed by atoms with van der Waals surface area (Å²) in [6.45, 7) is 3.73. The van der Waals surface area contributed by atoms with E-state index in [0.717, 1.165) is 16.7 Å². The lowest BCUT2D eigenvalue weighted by atomic mass is 10.0. The number of nitriles is 1. The standard InChI is InChI=1S/C25H20ClNO3/c1-17-6-3-11-24(18(17)2)29-16-25(28)30-23-10-4-7-19(13-23)12-21(15-27)20-8-5-9-22(26)14-20/h3-14H,16H2,1-2H3/b21-12-. The van der Waals surface area contributed by atoms with Gasteiger partial charge in [-0.3, -0.25) is 0 Å². The number of halogens is 1. The van der Waals surface area contributed by atoms with Gasteiger partial charge in [0, 0.05) is 5.02 Å². The van der Waals surface area contributed by atoms with Gasteiger partial charge in [0.1, 0.15) is 11.5 Å². The molecular formula is C25H20ClNO3. The fourth-order valence-corrected chi connectivity index (χ4v) is 3.04. The monoisotopic (exact) mass is 417 g/mol. The maximum atomic E-state index is 12.2. The minimum Gasteiger partial charge on any atom is -0.482 e. The summed E-state index contributed by atoms with van der Waals surface area (Å²) < 4.78 is 11.0. The van der Waals surface area contributed by atoms with Crippen molar-refractivity contribution < 1.29 is 14.3 Å². The number of benzene rings is 3. The third-order valence-corrected chi connectivity index (χ3v) is 4.79. The van der Waals surface area contributed by atoms with Gasteiger partial charge in [-0.25, -0.2) is 4.79 Å². The molecule has 0 atom stereocenters. The first-order valence-electron chi connectivity index (χ1n) is 9.34. The second-order valence-corrected chi connectivity index (χ2v) is 7.15. The van der Waals surface area contributed by atoms with Gasteiger partial charge in [0.15, 0.2) is 6.61 Å². The van der Waals surface area contributed by atoms with Gasteiger partial charge in [-0.1, -0.05) is 48.0 Å². The van der Waals surface area contributed by atoms with E-state index in [0.29, 0.717) is 27.7 Å². The summed E-state index contributed by atoms with van der Waals surface area (Å²) in [6, 6.07) is 21.9. The van der Waals surface area contributed by atoms with Crippen LogP contribution in [0, 0.1) is 25.2 Å². The maximum Gasteiger partial charge on any atom is 0.349 e. The summed E-state index contributed by atoms with van der Waals surface area (Å²) >= 11 is 6.02. The van der Waals surface area contributed by atoms with Crippen molar-refractivity contribution >= 4 is 29.2 Å².